The fourth-order valence-electron chi connectivity index (χ4n) is 2.60. The number of carbonyl (C=O) groups is 2. The summed E-state index contributed by atoms with van der Waals surface area (Å²) in [7, 11) is 0. The fraction of sp³-hybridized carbons (Fsp3) is 0.556. The molecule has 4 heteroatoms. The lowest BCUT2D eigenvalue weighted by atomic mass is 9.99. The van der Waals surface area contributed by atoms with Crippen LogP contribution in [0.1, 0.15) is 39.2 Å². The van der Waals surface area contributed by atoms with Gasteiger partial charge in [-0.2, -0.15) is 0 Å². The molecule has 0 aliphatic carbocycles. The summed E-state index contributed by atoms with van der Waals surface area (Å²) in [5.41, 5.74) is 1.01. The second-order valence-electron chi connectivity index (χ2n) is 6.70. The van der Waals surface area contributed by atoms with Crippen LogP contribution < -0.4 is 5.32 Å². The summed E-state index contributed by atoms with van der Waals surface area (Å²) in [6.45, 7) is 7.29. The predicted octanol–water partition coefficient (Wildman–Crippen LogP) is 2.38. The second kappa shape index (κ2) is 6.95. The molecule has 2 rings (SSSR count). The molecule has 1 aromatic carbocycles. The Hall–Kier alpha value is -1.84. The van der Waals surface area contributed by atoms with Crippen molar-refractivity contribution in [3.63, 3.8) is 0 Å². The van der Waals surface area contributed by atoms with E-state index in [0.717, 1.165) is 12.8 Å². The van der Waals surface area contributed by atoms with Crippen LogP contribution in [-0.2, 0) is 16.0 Å². The quantitative estimate of drug-likeness (QED) is 0.877. The van der Waals surface area contributed by atoms with Crippen molar-refractivity contribution in [2.24, 2.45) is 5.92 Å². The van der Waals surface area contributed by atoms with Gasteiger partial charge in [-0.25, -0.2) is 0 Å². The molecule has 1 fully saturated rings. The standard InChI is InChI=1S/C18H26N2O2/c1-4-18(2,3)19-17(22)15-12-16(21)20(13-15)11-10-14-8-6-5-7-9-14/h5-9,15H,4,10-13H2,1-3H3,(H,19,22). The first-order valence-electron chi connectivity index (χ1n) is 8.05. The van der Waals surface area contributed by atoms with Crippen LogP contribution in [0.5, 0.6) is 0 Å². The molecule has 1 N–H and O–H groups in total. The van der Waals surface area contributed by atoms with Gasteiger partial charge in [0, 0.05) is 25.0 Å². The Morgan fingerprint density at radius 3 is 2.64 bits per heavy atom. The van der Waals surface area contributed by atoms with Gasteiger partial charge in [0.1, 0.15) is 0 Å². The number of rotatable bonds is 6. The first-order valence-corrected chi connectivity index (χ1v) is 8.05. The molecular weight excluding hydrogens is 276 g/mol. The van der Waals surface area contributed by atoms with E-state index < -0.39 is 0 Å². The highest BCUT2D eigenvalue weighted by atomic mass is 16.2. The van der Waals surface area contributed by atoms with Gasteiger partial charge < -0.3 is 10.2 Å². The summed E-state index contributed by atoms with van der Waals surface area (Å²) in [5.74, 6) is -0.123. The first-order chi connectivity index (χ1) is 10.4. The Bertz CT molecular complexity index is 525. The molecule has 1 aliphatic rings. The van der Waals surface area contributed by atoms with Gasteiger partial charge in [0.15, 0.2) is 0 Å². The third kappa shape index (κ3) is 4.33. The van der Waals surface area contributed by atoms with Gasteiger partial charge in [-0.1, -0.05) is 37.3 Å². The molecule has 0 spiro atoms. The van der Waals surface area contributed by atoms with Gasteiger partial charge in [-0.15, -0.1) is 0 Å². The van der Waals surface area contributed by atoms with Crippen molar-refractivity contribution in [3.8, 4) is 0 Å². The highest BCUT2D eigenvalue weighted by Gasteiger charge is 2.35. The number of nitrogens with zero attached hydrogens (tertiary/aromatic N) is 1. The van der Waals surface area contributed by atoms with Crippen molar-refractivity contribution in [1.82, 2.24) is 10.2 Å². The van der Waals surface area contributed by atoms with Crippen LogP contribution in [0.3, 0.4) is 0 Å². The maximum absolute atomic E-state index is 12.3. The lowest BCUT2D eigenvalue weighted by Crippen LogP contribution is -2.46. The number of likely N-dealkylation sites (tertiary alicyclic amines) is 1. The van der Waals surface area contributed by atoms with E-state index in [2.05, 4.69) is 17.4 Å². The number of nitrogens with one attached hydrogen (secondary N) is 1. The van der Waals surface area contributed by atoms with E-state index >= 15 is 0 Å². The van der Waals surface area contributed by atoms with Crippen molar-refractivity contribution in [3.05, 3.63) is 35.9 Å². The molecule has 22 heavy (non-hydrogen) atoms. The van der Waals surface area contributed by atoms with Crippen LogP contribution in [0.25, 0.3) is 0 Å². The van der Waals surface area contributed by atoms with E-state index in [1.165, 1.54) is 5.56 Å². The highest BCUT2D eigenvalue weighted by molar-refractivity contribution is 5.89. The molecule has 1 saturated heterocycles. The Balaban J connectivity index is 1.86. The maximum Gasteiger partial charge on any atom is 0.225 e. The fourth-order valence-corrected chi connectivity index (χ4v) is 2.60. The number of amides is 2. The van der Waals surface area contributed by atoms with Gasteiger partial charge in [-0.3, -0.25) is 9.59 Å². The van der Waals surface area contributed by atoms with E-state index in [1.807, 2.05) is 43.9 Å². The number of hydrogen-bond acceptors (Lipinski definition) is 2. The van der Waals surface area contributed by atoms with Crippen molar-refractivity contribution in [1.29, 1.82) is 0 Å². The predicted molar refractivity (Wildman–Crippen MR) is 87.3 cm³/mol. The molecule has 1 unspecified atom stereocenters. The summed E-state index contributed by atoms with van der Waals surface area (Å²) in [6.07, 6.45) is 2.04. The molecule has 0 saturated carbocycles. The Kier molecular flexibility index (Phi) is 5.22. The van der Waals surface area contributed by atoms with E-state index in [-0.39, 0.29) is 23.3 Å². The smallest absolute Gasteiger partial charge is 0.225 e. The zero-order chi connectivity index (χ0) is 16.2. The molecule has 0 bridgehead atoms. The molecular formula is C18H26N2O2. The SMILES string of the molecule is CCC(C)(C)NC(=O)C1CC(=O)N(CCc2ccccc2)C1. The zero-order valence-electron chi connectivity index (χ0n) is 13.8. The van der Waals surface area contributed by atoms with E-state index in [4.69, 9.17) is 0 Å². The third-order valence-electron chi connectivity index (χ3n) is 4.44. The molecule has 1 heterocycles. The van der Waals surface area contributed by atoms with Gasteiger partial charge in [0.25, 0.3) is 0 Å². The highest BCUT2D eigenvalue weighted by Crippen LogP contribution is 2.20. The van der Waals surface area contributed by atoms with E-state index in [0.29, 0.717) is 19.5 Å². The summed E-state index contributed by atoms with van der Waals surface area (Å²) < 4.78 is 0. The number of carbonyl (C=O) groups excluding carboxylic acids is 2. The van der Waals surface area contributed by atoms with Crippen LogP contribution in [0.4, 0.5) is 0 Å². The molecule has 2 amide bonds. The lowest BCUT2D eigenvalue weighted by Gasteiger charge is -2.26. The molecule has 1 aliphatic heterocycles. The molecule has 0 radical (unpaired) electrons. The Morgan fingerprint density at radius 2 is 2.00 bits per heavy atom. The number of benzene rings is 1. The largest absolute Gasteiger partial charge is 0.351 e. The lowest BCUT2D eigenvalue weighted by molar-refractivity contribution is -0.129. The number of hydrogen-bond donors (Lipinski definition) is 1. The van der Waals surface area contributed by atoms with Crippen molar-refractivity contribution in [2.75, 3.05) is 13.1 Å². The Morgan fingerprint density at radius 1 is 1.32 bits per heavy atom. The summed E-state index contributed by atoms with van der Waals surface area (Å²) in [4.78, 5) is 26.2. The van der Waals surface area contributed by atoms with Gasteiger partial charge in [0.2, 0.25) is 11.8 Å². The van der Waals surface area contributed by atoms with Crippen LogP contribution in [0, 0.1) is 5.92 Å². The monoisotopic (exact) mass is 302 g/mol. The third-order valence-corrected chi connectivity index (χ3v) is 4.44. The minimum Gasteiger partial charge on any atom is -0.351 e. The summed E-state index contributed by atoms with van der Waals surface area (Å²) >= 11 is 0. The van der Waals surface area contributed by atoms with Crippen molar-refractivity contribution in [2.45, 2.75) is 45.6 Å². The van der Waals surface area contributed by atoms with Gasteiger partial charge >= 0.3 is 0 Å². The average molecular weight is 302 g/mol. The van der Waals surface area contributed by atoms with Crippen LogP contribution in [0.15, 0.2) is 30.3 Å². The summed E-state index contributed by atoms with van der Waals surface area (Å²) in [6, 6.07) is 10.1. The topological polar surface area (TPSA) is 49.4 Å². The van der Waals surface area contributed by atoms with Gasteiger partial charge in [0.05, 0.1) is 5.92 Å². The van der Waals surface area contributed by atoms with Crippen LogP contribution in [-0.4, -0.2) is 35.3 Å². The van der Waals surface area contributed by atoms with Gasteiger partial charge in [-0.05, 0) is 32.3 Å². The molecule has 1 aromatic rings. The van der Waals surface area contributed by atoms with E-state index in [1.54, 1.807) is 0 Å². The molecule has 4 nitrogen and oxygen atoms in total. The zero-order valence-corrected chi connectivity index (χ0v) is 13.8. The minimum absolute atomic E-state index is 0.00223. The Labute approximate surface area is 132 Å². The van der Waals surface area contributed by atoms with Crippen molar-refractivity contribution < 1.29 is 9.59 Å². The first kappa shape index (κ1) is 16.5. The minimum atomic E-state index is -0.214. The maximum atomic E-state index is 12.3. The molecule has 0 aromatic heterocycles. The average Bonchev–Trinajstić information content (AvgIpc) is 2.87. The van der Waals surface area contributed by atoms with Crippen molar-refractivity contribution >= 4 is 11.8 Å². The van der Waals surface area contributed by atoms with Crippen LogP contribution >= 0.6 is 0 Å². The summed E-state index contributed by atoms with van der Waals surface area (Å²) in [5, 5.41) is 3.04. The molecule has 120 valence electrons. The van der Waals surface area contributed by atoms with E-state index in [9.17, 15) is 9.59 Å². The molecule has 1 atom stereocenters. The second-order valence-corrected chi connectivity index (χ2v) is 6.70. The van der Waals surface area contributed by atoms with Crippen LogP contribution in [0.2, 0.25) is 0 Å². The normalized spacial score (nSPS) is 18.6.